The summed E-state index contributed by atoms with van der Waals surface area (Å²) in [5.41, 5.74) is 2.49. The largest absolute Gasteiger partial charge is 2.00 e. The number of anilines is 2. The van der Waals surface area contributed by atoms with E-state index in [1.54, 1.807) is 38.1 Å². The van der Waals surface area contributed by atoms with Gasteiger partial charge in [-0.15, -0.1) is 0 Å². The van der Waals surface area contributed by atoms with E-state index in [0.717, 1.165) is 35.4 Å². The Kier molecular flexibility index (Phi) is 11.5. The number of azo groups is 2. The van der Waals surface area contributed by atoms with Crippen molar-refractivity contribution < 1.29 is 35.5 Å². The molecule has 0 aliphatic carbocycles. The minimum atomic E-state index is -5.29. The average molecular weight is 781 g/mol. The Balaban J connectivity index is 0.00000541. The summed E-state index contributed by atoms with van der Waals surface area (Å²) in [5.74, 6) is -1.02. The van der Waals surface area contributed by atoms with Gasteiger partial charge in [0.05, 0.1) is 44.0 Å². The van der Waals surface area contributed by atoms with Gasteiger partial charge in [0.25, 0.3) is 11.8 Å². The average Bonchev–Trinajstić information content (AvgIpc) is 3.54. The number of amides is 2. The molecule has 0 fully saturated rings. The van der Waals surface area contributed by atoms with Gasteiger partial charge in [-0.2, -0.15) is 40.7 Å². The maximum Gasteiger partial charge on any atom is 2.00 e. The molecule has 266 valence electrons. The van der Waals surface area contributed by atoms with Crippen LogP contribution in [0, 0.1) is 13.8 Å². The van der Waals surface area contributed by atoms with E-state index in [9.17, 15) is 35.5 Å². The molecule has 4 aromatic carbocycles. The topological polar surface area (TPSA) is 229 Å². The van der Waals surface area contributed by atoms with Crippen LogP contribution in [0.3, 0.4) is 0 Å². The van der Waals surface area contributed by atoms with Gasteiger partial charge in [0.1, 0.15) is 20.2 Å². The number of rotatable bonds is 9. The van der Waals surface area contributed by atoms with Gasteiger partial charge in [-0.05, 0) is 76.2 Å². The molecule has 0 bridgehead atoms. The van der Waals surface area contributed by atoms with Crippen molar-refractivity contribution in [3.05, 3.63) is 96.1 Å². The number of benzene rings is 4. The second-order valence-electron chi connectivity index (χ2n) is 12.0. The Labute approximate surface area is 334 Å². The first-order valence-electron chi connectivity index (χ1n) is 15.4. The molecule has 2 atom stereocenters. The summed E-state index contributed by atoms with van der Waals surface area (Å²) in [4.78, 5) is 24.3. The monoisotopic (exact) mass is 780 g/mol. The Hall–Kier alpha value is -4.56. The van der Waals surface area contributed by atoms with E-state index in [-0.39, 0.29) is 49.1 Å². The SMILES string of the molecule is CC1=NN(c2ccc(C)cc2)C(=O)C1N=Nc1ccc(-c2ccc(N=NC3C(=O)N(c4ccc(C)cc4)N=C3C)cc2S(=O)(=O)[O-])c(S(=O)(=O)[O-])c1.[Ca+2]. The van der Waals surface area contributed by atoms with Crippen LogP contribution in [0.4, 0.5) is 22.7 Å². The van der Waals surface area contributed by atoms with Crippen molar-refractivity contribution in [2.45, 2.75) is 49.6 Å². The quantitative estimate of drug-likeness (QED) is 0.125. The fourth-order valence-electron chi connectivity index (χ4n) is 5.37. The molecule has 0 aromatic heterocycles. The molecule has 4 aromatic rings. The number of carbonyl (C=O) groups excluding carboxylic acids is 2. The second kappa shape index (κ2) is 15.4. The smallest absolute Gasteiger partial charge is 0.744 e. The fraction of sp³-hybridized carbons (Fsp3) is 0.176. The number of aryl methyl sites for hydroxylation is 2. The summed E-state index contributed by atoms with van der Waals surface area (Å²) in [6.07, 6.45) is 0. The van der Waals surface area contributed by atoms with Gasteiger partial charge in [0, 0.05) is 11.1 Å². The van der Waals surface area contributed by atoms with E-state index in [4.69, 9.17) is 0 Å². The van der Waals surface area contributed by atoms with Gasteiger partial charge in [-0.3, -0.25) is 9.59 Å². The van der Waals surface area contributed by atoms with Crippen LogP contribution in [-0.2, 0) is 29.8 Å². The van der Waals surface area contributed by atoms with Crippen LogP contribution in [0.5, 0.6) is 0 Å². The molecule has 6 rings (SSSR count). The summed E-state index contributed by atoms with van der Waals surface area (Å²) in [6, 6.07) is 18.2. The van der Waals surface area contributed by atoms with Gasteiger partial charge in [-0.25, -0.2) is 16.8 Å². The zero-order valence-electron chi connectivity index (χ0n) is 28.6. The molecule has 53 heavy (non-hydrogen) atoms. The molecule has 0 saturated heterocycles. The van der Waals surface area contributed by atoms with Crippen LogP contribution in [0.25, 0.3) is 11.1 Å². The summed E-state index contributed by atoms with van der Waals surface area (Å²) in [5, 5.41) is 26.9. The van der Waals surface area contributed by atoms with Crippen LogP contribution in [0.2, 0.25) is 0 Å². The van der Waals surface area contributed by atoms with E-state index in [2.05, 4.69) is 30.7 Å². The number of nitrogens with zero attached hydrogens (tertiary/aromatic N) is 8. The Morgan fingerprint density at radius 2 is 0.906 bits per heavy atom. The molecule has 0 N–H and O–H groups in total. The molecule has 0 radical (unpaired) electrons. The molecule has 2 amide bonds. The van der Waals surface area contributed by atoms with Gasteiger partial charge >= 0.3 is 37.7 Å². The number of carbonyl (C=O) groups is 2. The van der Waals surface area contributed by atoms with Gasteiger partial charge in [0.2, 0.25) is 0 Å². The Morgan fingerprint density at radius 1 is 0.566 bits per heavy atom. The van der Waals surface area contributed by atoms with Crippen LogP contribution in [-0.4, -0.2) is 99.0 Å². The van der Waals surface area contributed by atoms with E-state index in [0.29, 0.717) is 22.8 Å². The third-order valence-electron chi connectivity index (χ3n) is 8.09. The van der Waals surface area contributed by atoms with Crippen molar-refractivity contribution in [2.24, 2.45) is 30.7 Å². The zero-order chi connectivity index (χ0) is 37.5. The maximum absolute atomic E-state index is 13.1. The number of hydrazone groups is 2. The summed E-state index contributed by atoms with van der Waals surface area (Å²) < 4.78 is 74.6. The standard InChI is InChI=1S/C34H30N8O8S2.Ca/c1-19-5-11-25(12-6-19)41-33(43)31(21(3)39-41)37-35-23-9-15-27(29(17-23)51(45,46)47)28-16-10-24(18-30(28)52(48,49)50)36-38-32-22(4)40-42(34(32)44)26-13-7-20(2)8-14-26;/h5-18,31-32H,1-4H3,(H,45,46,47)(H,48,49,50);/q;+2/p-2. The first-order valence-corrected chi connectivity index (χ1v) is 18.3. The van der Waals surface area contributed by atoms with Crippen molar-refractivity contribution >= 4 is 104 Å². The predicted molar refractivity (Wildman–Crippen MR) is 194 cm³/mol. The van der Waals surface area contributed by atoms with Crippen LogP contribution >= 0.6 is 0 Å². The van der Waals surface area contributed by atoms with Crippen molar-refractivity contribution in [3.8, 4) is 11.1 Å². The van der Waals surface area contributed by atoms with Crippen molar-refractivity contribution in [1.29, 1.82) is 0 Å². The van der Waals surface area contributed by atoms with Gasteiger partial charge in [0.15, 0.2) is 12.1 Å². The van der Waals surface area contributed by atoms with E-state index >= 15 is 0 Å². The third-order valence-corrected chi connectivity index (χ3v) is 9.84. The van der Waals surface area contributed by atoms with Crippen molar-refractivity contribution in [1.82, 2.24) is 0 Å². The first-order chi connectivity index (χ1) is 24.5. The summed E-state index contributed by atoms with van der Waals surface area (Å²) in [7, 11) is -10.6. The zero-order valence-corrected chi connectivity index (χ0v) is 32.4. The number of hydrogen-bond acceptors (Lipinski definition) is 14. The van der Waals surface area contributed by atoms with E-state index in [1.807, 2.05) is 38.1 Å². The minimum absolute atomic E-state index is 0. The molecule has 2 aliphatic heterocycles. The minimum Gasteiger partial charge on any atom is -0.744 e. The summed E-state index contributed by atoms with van der Waals surface area (Å²) in [6.45, 7) is 6.92. The number of hydrogen-bond donors (Lipinski definition) is 0. The van der Waals surface area contributed by atoms with E-state index in [1.165, 1.54) is 22.2 Å². The van der Waals surface area contributed by atoms with Gasteiger partial charge < -0.3 is 9.11 Å². The molecule has 2 unspecified atom stereocenters. The van der Waals surface area contributed by atoms with Crippen molar-refractivity contribution in [3.63, 3.8) is 0 Å². The van der Waals surface area contributed by atoms with Gasteiger partial charge in [-0.1, -0.05) is 47.5 Å². The molecule has 19 heteroatoms. The molecule has 2 heterocycles. The fourth-order valence-corrected chi connectivity index (χ4v) is 6.80. The normalized spacial score (nSPS) is 17.8. The molecule has 16 nitrogen and oxygen atoms in total. The van der Waals surface area contributed by atoms with Crippen LogP contribution in [0.15, 0.2) is 125 Å². The Bertz CT molecular complexity index is 2300. The molecule has 0 spiro atoms. The predicted octanol–water partition coefficient (Wildman–Crippen LogP) is 5.15. The second-order valence-corrected chi connectivity index (χ2v) is 14.7. The maximum atomic E-state index is 13.1. The molecule has 0 saturated carbocycles. The molecule has 2 aliphatic rings. The first kappa shape index (κ1) is 39.6. The van der Waals surface area contributed by atoms with Crippen molar-refractivity contribution in [2.75, 3.05) is 10.0 Å². The third kappa shape index (κ3) is 8.49. The van der Waals surface area contributed by atoms with Crippen LogP contribution < -0.4 is 10.0 Å². The summed E-state index contributed by atoms with van der Waals surface area (Å²) >= 11 is 0. The molecular weight excluding hydrogens is 753 g/mol. The Morgan fingerprint density at radius 3 is 1.23 bits per heavy atom. The van der Waals surface area contributed by atoms with E-state index < -0.39 is 65.1 Å². The van der Waals surface area contributed by atoms with Crippen LogP contribution in [0.1, 0.15) is 25.0 Å². The molecular formula is C34H28CaN8O8S2.